The third-order valence-electron chi connectivity index (χ3n) is 14.0. The molecule has 0 amide bonds. The first-order valence-corrected chi connectivity index (χ1v) is 21.2. The van der Waals surface area contributed by atoms with E-state index in [1.165, 1.54) is 77.9 Å². The highest BCUT2D eigenvalue weighted by atomic mass is 16.7. The first-order valence-electron chi connectivity index (χ1n) is 21.2. The van der Waals surface area contributed by atoms with Crippen molar-refractivity contribution in [1.82, 2.24) is 0 Å². The van der Waals surface area contributed by atoms with Crippen LogP contribution in [0, 0.1) is 27.7 Å². The summed E-state index contributed by atoms with van der Waals surface area (Å²) in [4.78, 5) is 0. The maximum absolute atomic E-state index is 6.75. The van der Waals surface area contributed by atoms with Crippen molar-refractivity contribution < 1.29 is 18.6 Å². The molecular weight excluding hydrogens is 722 g/mol. The quantitative estimate of drug-likeness (QED) is 0.158. The molecule has 2 heterocycles. The summed E-state index contributed by atoms with van der Waals surface area (Å²) in [5.41, 5.74) is 16.2. The molecule has 6 aromatic carbocycles. The summed E-state index contributed by atoms with van der Waals surface area (Å²) in [6, 6.07) is 45.8. The topological polar surface area (TPSA) is 36.9 Å². The Kier molecular flexibility index (Phi) is 9.20. The van der Waals surface area contributed by atoms with Crippen molar-refractivity contribution in [2.75, 3.05) is 0 Å². The maximum atomic E-state index is 6.75. The maximum Gasteiger partial charge on any atom is 0.494 e. The van der Waals surface area contributed by atoms with Crippen LogP contribution in [-0.2, 0) is 24.0 Å². The minimum absolute atomic E-state index is 0.479. The van der Waals surface area contributed by atoms with Crippen LogP contribution >= 0.6 is 0 Å². The monoisotopic (exact) mass is 778 g/mol. The molecule has 0 radical (unpaired) electrons. The van der Waals surface area contributed by atoms with Gasteiger partial charge in [0.15, 0.2) is 0 Å². The van der Waals surface area contributed by atoms with Crippen molar-refractivity contribution in [3.05, 3.63) is 166 Å². The fourth-order valence-electron chi connectivity index (χ4n) is 9.22. The summed E-state index contributed by atoms with van der Waals surface area (Å²) in [6.45, 7) is 25.7. The first kappa shape index (κ1) is 39.7. The lowest BCUT2D eigenvalue weighted by molar-refractivity contribution is 0.00578. The smallest absolute Gasteiger partial charge is 0.399 e. The second-order valence-corrected chi connectivity index (χ2v) is 19.4. The molecule has 9 rings (SSSR count). The summed E-state index contributed by atoms with van der Waals surface area (Å²) < 4.78 is 27.0. The fraction of sp³-hybridized carbons (Fsp3) is 0.321. The van der Waals surface area contributed by atoms with E-state index in [0.29, 0.717) is 0 Å². The number of hydrogen-bond acceptors (Lipinski definition) is 4. The van der Waals surface area contributed by atoms with Gasteiger partial charge in [-0.15, -0.1) is 0 Å². The number of benzene rings is 6. The van der Waals surface area contributed by atoms with Gasteiger partial charge in [0.05, 0.1) is 27.8 Å². The third-order valence-corrected chi connectivity index (χ3v) is 14.0. The van der Waals surface area contributed by atoms with Gasteiger partial charge in [-0.05, 0) is 162 Å². The van der Waals surface area contributed by atoms with Gasteiger partial charge in [0.2, 0.25) is 0 Å². The molecule has 3 aliphatic rings. The molecule has 0 aromatic heterocycles. The average molecular weight is 779 g/mol. The molecule has 6 aromatic rings. The lowest BCUT2D eigenvalue weighted by Crippen LogP contribution is -2.41. The van der Waals surface area contributed by atoms with E-state index in [1.54, 1.807) is 0 Å². The van der Waals surface area contributed by atoms with Crippen LogP contribution in [0.2, 0.25) is 0 Å². The fourth-order valence-corrected chi connectivity index (χ4v) is 9.22. The van der Waals surface area contributed by atoms with E-state index in [-0.39, 0.29) is 0 Å². The number of fused-ring (bicyclic) bond motifs is 3. The highest BCUT2D eigenvalue weighted by Crippen LogP contribution is 2.57. The molecule has 59 heavy (non-hydrogen) atoms. The zero-order valence-corrected chi connectivity index (χ0v) is 36.8. The predicted octanol–water partition coefficient (Wildman–Crippen LogP) is 11.2. The van der Waals surface area contributed by atoms with E-state index in [2.05, 4.69) is 204 Å². The second-order valence-electron chi connectivity index (χ2n) is 19.4. The standard InChI is InChI=1S/C53H56B2O4/c1-33-13-17-37(18-14-33)39-25-35(3)27-41(29-39)53(42-28-36(4)26-40(30-42)38-19-15-34(2)16-20-38)47-31-43(54-56-49(5,6)50(7,8)57-54)21-23-45(47)46-24-22-44(32-48(46)53)55-58-51(9,10)52(11,12)59-55/h13-32H,1-12H3. The summed E-state index contributed by atoms with van der Waals surface area (Å²) >= 11 is 0. The molecule has 0 N–H and O–H groups in total. The van der Waals surface area contributed by atoms with Crippen molar-refractivity contribution in [3.63, 3.8) is 0 Å². The summed E-state index contributed by atoms with van der Waals surface area (Å²) in [7, 11) is -1.04. The molecular formula is C53H56B2O4. The van der Waals surface area contributed by atoms with Crippen LogP contribution < -0.4 is 10.9 Å². The lowest BCUT2D eigenvalue weighted by Gasteiger charge is -2.36. The molecule has 0 unspecified atom stereocenters. The van der Waals surface area contributed by atoms with Gasteiger partial charge in [-0.2, -0.15) is 0 Å². The molecule has 0 saturated carbocycles. The van der Waals surface area contributed by atoms with Gasteiger partial charge in [0.1, 0.15) is 0 Å². The Bertz CT molecular complexity index is 2400. The minimum Gasteiger partial charge on any atom is -0.399 e. The number of hydrogen-bond donors (Lipinski definition) is 0. The van der Waals surface area contributed by atoms with Gasteiger partial charge in [0, 0.05) is 0 Å². The van der Waals surface area contributed by atoms with E-state index in [9.17, 15) is 0 Å². The second kappa shape index (κ2) is 13.7. The van der Waals surface area contributed by atoms with Gasteiger partial charge in [0.25, 0.3) is 0 Å². The first-order chi connectivity index (χ1) is 27.8. The summed E-state index contributed by atoms with van der Waals surface area (Å²) in [5.74, 6) is 0. The summed E-state index contributed by atoms with van der Waals surface area (Å²) in [6.07, 6.45) is 0. The highest BCUT2D eigenvalue weighted by molar-refractivity contribution is 6.62. The van der Waals surface area contributed by atoms with E-state index >= 15 is 0 Å². The molecule has 0 bridgehead atoms. The van der Waals surface area contributed by atoms with Crippen molar-refractivity contribution in [1.29, 1.82) is 0 Å². The molecule has 2 aliphatic heterocycles. The Hall–Kier alpha value is -4.71. The average Bonchev–Trinajstić information content (AvgIpc) is 3.68. The van der Waals surface area contributed by atoms with Crippen molar-refractivity contribution in [3.8, 4) is 33.4 Å². The molecule has 0 spiro atoms. The largest absolute Gasteiger partial charge is 0.494 e. The number of rotatable bonds is 6. The highest BCUT2D eigenvalue weighted by Gasteiger charge is 2.55. The predicted molar refractivity (Wildman–Crippen MR) is 245 cm³/mol. The molecule has 0 atom stereocenters. The van der Waals surface area contributed by atoms with Crippen molar-refractivity contribution >= 4 is 25.2 Å². The third kappa shape index (κ3) is 6.46. The summed E-state index contributed by atoms with van der Waals surface area (Å²) in [5, 5.41) is 0. The van der Waals surface area contributed by atoms with E-state index in [0.717, 1.165) is 10.9 Å². The van der Waals surface area contributed by atoms with Crippen LogP contribution in [0.1, 0.15) is 99.9 Å². The zero-order valence-electron chi connectivity index (χ0n) is 36.8. The molecule has 6 heteroatoms. The van der Waals surface area contributed by atoms with Crippen molar-refractivity contribution in [2.45, 2.75) is 111 Å². The van der Waals surface area contributed by atoms with Crippen molar-refractivity contribution in [2.24, 2.45) is 0 Å². The van der Waals surface area contributed by atoms with Crippen LogP contribution in [0.5, 0.6) is 0 Å². The Morgan fingerprint density at radius 2 is 0.678 bits per heavy atom. The van der Waals surface area contributed by atoms with E-state index < -0.39 is 42.1 Å². The molecule has 1 aliphatic carbocycles. The van der Waals surface area contributed by atoms with Gasteiger partial charge >= 0.3 is 14.2 Å². The van der Waals surface area contributed by atoms with Gasteiger partial charge in [-0.3, -0.25) is 0 Å². The zero-order chi connectivity index (χ0) is 41.9. The van der Waals surface area contributed by atoms with E-state index in [4.69, 9.17) is 18.6 Å². The number of aryl methyl sites for hydroxylation is 4. The van der Waals surface area contributed by atoms with E-state index in [1.807, 2.05) is 0 Å². The lowest BCUT2D eigenvalue weighted by atomic mass is 9.64. The molecule has 4 nitrogen and oxygen atoms in total. The Labute approximate surface area is 352 Å². The molecule has 2 saturated heterocycles. The van der Waals surface area contributed by atoms with Crippen LogP contribution in [0.4, 0.5) is 0 Å². The normalized spacial score (nSPS) is 19.2. The Balaban J connectivity index is 1.37. The van der Waals surface area contributed by atoms with Gasteiger partial charge < -0.3 is 18.6 Å². The van der Waals surface area contributed by atoms with Crippen LogP contribution in [-0.4, -0.2) is 36.6 Å². The van der Waals surface area contributed by atoms with Crippen LogP contribution in [0.3, 0.4) is 0 Å². The van der Waals surface area contributed by atoms with Crippen LogP contribution in [0.15, 0.2) is 121 Å². The Morgan fingerprint density at radius 3 is 1.02 bits per heavy atom. The molecule has 2 fully saturated rings. The molecule has 298 valence electrons. The van der Waals surface area contributed by atoms with Crippen LogP contribution in [0.25, 0.3) is 33.4 Å². The van der Waals surface area contributed by atoms with Gasteiger partial charge in [-0.25, -0.2) is 0 Å². The van der Waals surface area contributed by atoms with Gasteiger partial charge in [-0.1, -0.05) is 131 Å². The Morgan fingerprint density at radius 1 is 0.339 bits per heavy atom. The minimum atomic E-state index is -0.749. The SMILES string of the molecule is Cc1ccc(-c2cc(C)cc(C3(c4cc(C)cc(-c5ccc(C)cc5)c4)c4cc(B5OC(C)(C)C(C)(C)O5)ccc4-c4ccc(B5OC(C)(C)C(C)(C)O5)cc43)c2)cc1.